The Balaban J connectivity index is 0.932. The third-order valence-corrected chi connectivity index (χ3v) is 16.2. The Labute approximate surface area is 530 Å². The molecule has 0 spiro atoms. The number of ether oxygens (including phenoxy) is 10. The van der Waals surface area contributed by atoms with Gasteiger partial charge in [-0.05, 0) is 68.7 Å². The molecule has 29 nitrogen and oxygen atoms in total. The zero-order valence-electron chi connectivity index (χ0n) is 52.2. The van der Waals surface area contributed by atoms with Gasteiger partial charge < -0.3 is 77.4 Å². The number of hydrogen-bond donors (Lipinski definition) is 4. The van der Waals surface area contributed by atoms with E-state index < -0.39 is 120 Å². The Bertz CT molecular complexity index is 3210. The molecule has 0 radical (unpaired) electrons. The minimum Gasteiger partial charge on any atom is -0.495 e. The molecule has 494 valence electrons. The summed E-state index contributed by atoms with van der Waals surface area (Å²) in [7, 11) is 8.40. The van der Waals surface area contributed by atoms with E-state index in [0.717, 1.165) is 32.4 Å². The number of rotatable bonds is 19. The number of imide groups is 1. The first-order valence-electron chi connectivity index (χ1n) is 29.0. The smallest absolute Gasteiger partial charge is 0.412 e. The maximum absolute atomic E-state index is 14.9. The molecule has 5 aliphatic heterocycles. The molecule has 4 N–H and O–H groups in total. The molecule has 5 aliphatic rings. The Morgan fingerprint density at radius 3 is 2.34 bits per heavy atom. The summed E-state index contributed by atoms with van der Waals surface area (Å²) in [5.41, 5.74) is -1.46. The highest BCUT2D eigenvalue weighted by molar-refractivity contribution is 6.35. The van der Waals surface area contributed by atoms with Gasteiger partial charge in [0.15, 0.2) is 5.72 Å². The molecular weight excluding hydrogens is 1220 g/mol. The second-order valence-electron chi connectivity index (χ2n) is 22.5. The van der Waals surface area contributed by atoms with E-state index in [-0.39, 0.29) is 93.3 Å². The van der Waals surface area contributed by atoms with Crippen LogP contribution in [0.25, 0.3) is 0 Å². The highest BCUT2D eigenvalue weighted by Gasteiger charge is 2.66. The molecule has 4 bridgehead atoms. The van der Waals surface area contributed by atoms with E-state index in [9.17, 15) is 53.1 Å². The summed E-state index contributed by atoms with van der Waals surface area (Å²) < 4.78 is 56.1. The fourth-order valence-electron chi connectivity index (χ4n) is 10.3. The fraction of sp³-hybridized carbons (Fsp3) is 0.508. The molecule has 30 heteroatoms. The van der Waals surface area contributed by atoms with Gasteiger partial charge in [-0.1, -0.05) is 54.5 Å². The summed E-state index contributed by atoms with van der Waals surface area (Å²) in [5, 5.41) is 19.6. The number of methoxy groups -OCH3 is 2. The lowest BCUT2D eigenvalue weighted by molar-refractivity contribution is -0.165. The van der Waals surface area contributed by atoms with E-state index >= 15 is 0 Å². The van der Waals surface area contributed by atoms with Crippen LogP contribution in [0.1, 0.15) is 62.0 Å². The molecule has 9 amide bonds. The fourth-order valence-corrected chi connectivity index (χ4v) is 10.6. The second kappa shape index (κ2) is 30.9. The normalized spacial score (nSPS) is 25.6. The number of amides is 9. The first-order chi connectivity index (χ1) is 43.2. The molecule has 2 aromatic carbocycles. The predicted molar refractivity (Wildman–Crippen MR) is 322 cm³/mol. The van der Waals surface area contributed by atoms with Crippen molar-refractivity contribution < 1.29 is 100 Å². The number of aliphatic hydroxyl groups is 1. The van der Waals surface area contributed by atoms with Gasteiger partial charge in [-0.3, -0.25) is 39.5 Å². The summed E-state index contributed by atoms with van der Waals surface area (Å²) in [5.74, 6) is -4.65. The van der Waals surface area contributed by atoms with E-state index in [1.165, 1.54) is 77.3 Å². The molecular formula is C61H77ClN8O21. The monoisotopic (exact) mass is 1290 g/mol. The topological polar surface area (TPSA) is 339 Å². The van der Waals surface area contributed by atoms with Crippen molar-refractivity contribution >= 4 is 82.9 Å². The third-order valence-electron chi connectivity index (χ3n) is 15.9. The van der Waals surface area contributed by atoms with Gasteiger partial charge in [0, 0.05) is 86.0 Å². The zero-order chi connectivity index (χ0) is 66.5. The van der Waals surface area contributed by atoms with Crippen molar-refractivity contribution in [2.45, 2.75) is 101 Å². The SMILES string of the molecule is COc1cc2cc(c1Cl)N(C)C(=O)[C@H](OC(=O)[C@H](C)N(C)C(=O)CCOC(=O)N(C)CCN(C)C(=O)OCc1ccc(NC(=O)OC3/C=C/COCOC3)c(C(=O)NCCN3C(=O)C=CC3=O)c1)[C@]1(C)OC1[C@H](C)[C@@H]1C[C@@](O)(NC(=O)O1)[C@H](OC)/C=C/C=C(\C)C2. The molecule has 0 aliphatic carbocycles. The lowest BCUT2D eigenvalue weighted by Gasteiger charge is -2.42. The number of carbonyl (C=O) groups excluding carboxylic acids is 10. The molecule has 5 heterocycles. The summed E-state index contributed by atoms with van der Waals surface area (Å²) in [6, 6.07) is 6.36. The second-order valence-corrected chi connectivity index (χ2v) is 22.8. The maximum atomic E-state index is 14.9. The van der Waals surface area contributed by atoms with Crippen LogP contribution >= 0.6 is 11.6 Å². The number of epoxide rings is 1. The van der Waals surface area contributed by atoms with Crippen LogP contribution in [0, 0.1) is 5.92 Å². The molecule has 2 fully saturated rings. The van der Waals surface area contributed by atoms with Gasteiger partial charge in [0.25, 0.3) is 23.6 Å². The average Bonchev–Trinajstić information content (AvgIpc) is 1.57. The van der Waals surface area contributed by atoms with Crippen molar-refractivity contribution in [1.82, 2.24) is 30.2 Å². The number of hydrogen-bond acceptors (Lipinski definition) is 21. The van der Waals surface area contributed by atoms with E-state index in [1.807, 2.05) is 6.92 Å². The van der Waals surface area contributed by atoms with Crippen LogP contribution in [0.15, 0.2) is 78.4 Å². The number of nitrogens with one attached hydrogen (secondary N) is 3. The quantitative estimate of drug-likeness (QED) is 0.0508. The first-order valence-corrected chi connectivity index (χ1v) is 29.4. The standard InChI is InChI=1S/C61H77ClN8O21/c1-35-13-11-15-46(83-10)61(81)31-45(89-57(78)65-61)36(2)51-60(4,91-51)52(54(75)69(8)43-29-39(27-35)30-44(82-9)50(43)62)90-55(76)37(3)68(7)47(71)20-26-86-58(79)66(5)23-24-67(6)59(80)87-32-38-16-17-42(64-56(77)88-40-14-12-25-84-34-85-33-40)41(28-38)53(74)63-21-22-70-48(72)18-19-49(70)73/h11-19,28-30,36-37,40,45-46,51-52,81H,20-27,31-34H2,1-10H3,(H,63,74)(H,64,77)(H,65,78)/b14-12+,15-11+,35-13+/t36-,37+,40?,45+,46-,51?,52+,60-,61+/m1/s1. The van der Waals surface area contributed by atoms with Crippen molar-refractivity contribution in [3.63, 3.8) is 0 Å². The Morgan fingerprint density at radius 2 is 1.65 bits per heavy atom. The van der Waals surface area contributed by atoms with Crippen molar-refractivity contribution in [2.24, 2.45) is 5.92 Å². The predicted octanol–water partition coefficient (Wildman–Crippen LogP) is 3.98. The van der Waals surface area contributed by atoms with Crippen molar-refractivity contribution in [3.05, 3.63) is 100 Å². The number of alkyl carbamates (subject to hydrolysis) is 1. The lowest BCUT2D eigenvalue weighted by Crippen LogP contribution is -2.63. The van der Waals surface area contributed by atoms with Crippen LogP contribution in [0.4, 0.5) is 30.6 Å². The highest BCUT2D eigenvalue weighted by atomic mass is 35.5. The third kappa shape index (κ3) is 17.7. The maximum Gasteiger partial charge on any atom is 0.412 e. The number of benzene rings is 2. The summed E-state index contributed by atoms with van der Waals surface area (Å²) >= 11 is 6.86. The number of nitrogens with zero attached hydrogens (tertiary/aromatic N) is 5. The molecule has 2 saturated heterocycles. The van der Waals surface area contributed by atoms with Gasteiger partial charge in [0.05, 0.1) is 49.8 Å². The van der Waals surface area contributed by atoms with Crippen LogP contribution in [-0.4, -0.2) is 228 Å². The summed E-state index contributed by atoms with van der Waals surface area (Å²) in [6.45, 7) is 5.62. The molecule has 9 atom stereocenters. The van der Waals surface area contributed by atoms with Crippen LogP contribution < -0.4 is 25.6 Å². The highest BCUT2D eigenvalue weighted by Crippen LogP contribution is 2.49. The van der Waals surface area contributed by atoms with Crippen molar-refractivity contribution in [2.75, 3.05) is 105 Å². The van der Waals surface area contributed by atoms with Crippen LogP contribution in [0.2, 0.25) is 5.02 Å². The number of fused-ring (bicyclic) bond motifs is 5. The minimum atomic E-state index is -1.93. The molecule has 2 unspecified atom stereocenters. The Hall–Kier alpha value is -8.61. The number of allylic oxidation sites excluding steroid dienone is 3. The van der Waals surface area contributed by atoms with E-state index in [2.05, 4.69) is 16.0 Å². The van der Waals surface area contributed by atoms with E-state index in [1.54, 1.807) is 56.4 Å². The van der Waals surface area contributed by atoms with Gasteiger partial charge in [-0.15, -0.1) is 0 Å². The average molecular weight is 1290 g/mol. The number of likely N-dealkylation sites (N-methyl/N-ethyl adjacent to an activating group) is 4. The van der Waals surface area contributed by atoms with Crippen LogP contribution in [-0.2, 0) is 79.6 Å². The molecule has 0 saturated carbocycles. The molecule has 0 aromatic heterocycles. The van der Waals surface area contributed by atoms with Gasteiger partial charge in [-0.2, -0.15) is 0 Å². The van der Waals surface area contributed by atoms with Gasteiger partial charge in [0.1, 0.15) is 60.7 Å². The Morgan fingerprint density at radius 1 is 0.945 bits per heavy atom. The largest absolute Gasteiger partial charge is 0.495 e. The van der Waals surface area contributed by atoms with Crippen LogP contribution in [0.3, 0.4) is 0 Å². The van der Waals surface area contributed by atoms with Gasteiger partial charge >= 0.3 is 30.3 Å². The van der Waals surface area contributed by atoms with E-state index in [4.69, 9.17) is 59.0 Å². The van der Waals surface area contributed by atoms with Gasteiger partial charge in [0.2, 0.25) is 12.0 Å². The number of carbonyl (C=O) groups is 10. The summed E-state index contributed by atoms with van der Waals surface area (Å²) in [6.07, 6.45) is 1.51. The van der Waals surface area contributed by atoms with Gasteiger partial charge in [-0.25, -0.2) is 24.0 Å². The Kier molecular flexibility index (Phi) is 23.7. The lowest BCUT2D eigenvalue weighted by atomic mass is 9.84. The zero-order valence-corrected chi connectivity index (χ0v) is 52.9. The minimum absolute atomic E-state index is 0.00250. The van der Waals surface area contributed by atoms with Crippen molar-refractivity contribution in [1.29, 1.82) is 0 Å². The number of esters is 1. The van der Waals surface area contributed by atoms with Crippen LogP contribution in [0.5, 0.6) is 5.75 Å². The number of anilines is 2. The molecule has 2 aromatic rings. The van der Waals surface area contributed by atoms with Crippen molar-refractivity contribution in [3.8, 4) is 5.75 Å². The molecule has 7 rings (SSSR count). The number of halogens is 1. The molecule has 91 heavy (non-hydrogen) atoms. The first kappa shape index (κ1) is 69.9. The van der Waals surface area contributed by atoms with E-state index in [0.29, 0.717) is 17.5 Å². The summed E-state index contributed by atoms with van der Waals surface area (Å²) in [4.78, 5) is 138.